The van der Waals surface area contributed by atoms with E-state index in [2.05, 4.69) is 24.3 Å². The van der Waals surface area contributed by atoms with E-state index in [9.17, 15) is 9.90 Å². The van der Waals surface area contributed by atoms with Crippen molar-refractivity contribution in [3.05, 3.63) is 29.3 Å². The van der Waals surface area contributed by atoms with Crippen LogP contribution in [0.5, 0.6) is 5.75 Å². The average molecular weight is 276 g/mol. The monoisotopic (exact) mass is 276 g/mol. The number of amides is 1. The van der Waals surface area contributed by atoms with Crippen molar-refractivity contribution in [1.82, 2.24) is 10.2 Å². The van der Waals surface area contributed by atoms with Crippen molar-refractivity contribution in [2.45, 2.75) is 38.1 Å². The fraction of sp³-hybridized carbons (Fsp3) is 0.562. The molecule has 0 unspecified atom stereocenters. The molecule has 20 heavy (non-hydrogen) atoms. The van der Waals surface area contributed by atoms with E-state index in [0.717, 1.165) is 18.4 Å². The van der Waals surface area contributed by atoms with E-state index in [1.54, 1.807) is 25.1 Å². The average Bonchev–Trinajstić information content (AvgIpc) is 2.89. The molecular formula is C16H24N2O2. The number of nitrogens with one attached hydrogen (secondary N) is 1. The van der Waals surface area contributed by atoms with Crippen molar-refractivity contribution in [2.75, 3.05) is 20.6 Å². The van der Waals surface area contributed by atoms with Crippen LogP contribution in [0.1, 0.15) is 41.6 Å². The van der Waals surface area contributed by atoms with E-state index in [0.29, 0.717) is 12.1 Å². The number of aromatic hydroxyl groups is 1. The highest BCUT2D eigenvalue weighted by Crippen LogP contribution is 2.33. The lowest BCUT2D eigenvalue weighted by atomic mass is 9.96. The maximum atomic E-state index is 12.2. The maximum Gasteiger partial charge on any atom is 0.255 e. The second-order valence-electron chi connectivity index (χ2n) is 5.98. The van der Waals surface area contributed by atoms with Gasteiger partial charge in [-0.05, 0) is 45.5 Å². The minimum Gasteiger partial charge on any atom is -0.507 e. The molecule has 0 aliphatic heterocycles. The van der Waals surface area contributed by atoms with Crippen molar-refractivity contribution in [3.63, 3.8) is 0 Å². The van der Waals surface area contributed by atoms with Crippen LogP contribution in [-0.4, -0.2) is 42.1 Å². The first-order valence-corrected chi connectivity index (χ1v) is 7.20. The lowest BCUT2D eigenvalue weighted by Crippen LogP contribution is -2.50. The van der Waals surface area contributed by atoms with Gasteiger partial charge in [0.05, 0.1) is 5.56 Å². The number of benzene rings is 1. The SMILES string of the molecule is Cc1cccc(C(=O)NCC2(N(C)C)CCCC2)c1O. The molecule has 1 amide bonds. The molecule has 4 nitrogen and oxygen atoms in total. The van der Waals surface area contributed by atoms with Crippen LogP contribution >= 0.6 is 0 Å². The van der Waals surface area contributed by atoms with E-state index in [1.807, 2.05) is 0 Å². The Labute approximate surface area is 120 Å². The van der Waals surface area contributed by atoms with Gasteiger partial charge in [-0.25, -0.2) is 0 Å². The molecule has 4 heteroatoms. The number of hydrogen-bond acceptors (Lipinski definition) is 3. The van der Waals surface area contributed by atoms with Gasteiger partial charge in [0.1, 0.15) is 5.75 Å². The highest BCUT2D eigenvalue weighted by atomic mass is 16.3. The third-order valence-corrected chi connectivity index (χ3v) is 4.54. The van der Waals surface area contributed by atoms with Crippen LogP contribution in [0.2, 0.25) is 0 Å². The second-order valence-corrected chi connectivity index (χ2v) is 5.98. The Kier molecular flexibility index (Phi) is 4.33. The molecule has 1 fully saturated rings. The van der Waals surface area contributed by atoms with Crippen LogP contribution in [0.25, 0.3) is 0 Å². The van der Waals surface area contributed by atoms with E-state index < -0.39 is 0 Å². The number of carbonyl (C=O) groups excluding carboxylic acids is 1. The van der Waals surface area contributed by atoms with Crippen molar-refractivity contribution < 1.29 is 9.90 Å². The summed E-state index contributed by atoms with van der Waals surface area (Å²) in [6, 6.07) is 5.25. The molecule has 1 aromatic carbocycles. The third-order valence-electron chi connectivity index (χ3n) is 4.54. The summed E-state index contributed by atoms with van der Waals surface area (Å²) in [5, 5.41) is 13.0. The first-order chi connectivity index (χ1) is 9.46. The van der Waals surface area contributed by atoms with Gasteiger partial charge in [-0.1, -0.05) is 25.0 Å². The zero-order valence-electron chi connectivity index (χ0n) is 12.6. The molecule has 1 aliphatic rings. The van der Waals surface area contributed by atoms with Gasteiger partial charge < -0.3 is 15.3 Å². The molecular weight excluding hydrogens is 252 g/mol. The minimum absolute atomic E-state index is 0.0646. The molecule has 110 valence electrons. The highest BCUT2D eigenvalue weighted by Gasteiger charge is 2.36. The van der Waals surface area contributed by atoms with E-state index in [-0.39, 0.29) is 17.2 Å². The molecule has 0 saturated heterocycles. The Morgan fingerprint density at radius 1 is 1.35 bits per heavy atom. The number of hydrogen-bond donors (Lipinski definition) is 2. The van der Waals surface area contributed by atoms with E-state index >= 15 is 0 Å². The summed E-state index contributed by atoms with van der Waals surface area (Å²) in [6.45, 7) is 2.43. The number of carbonyl (C=O) groups is 1. The quantitative estimate of drug-likeness (QED) is 0.887. The molecule has 0 bridgehead atoms. The molecule has 1 saturated carbocycles. The van der Waals surface area contributed by atoms with Crippen LogP contribution in [0.3, 0.4) is 0 Å². The van der Waals surface area contributed by atoms with Gasteiger partial charge in [-0.15, -0.1) is 0 Å². The first-order valence-electron chi connectivity index (χ1n) is 7.20. The number of phenolic OH excluding ortho intramolecular Hbond substituents is 1. The number of phenols is 1. The zero-order valence-corrected chi connectivity index (χ0v) is 12.6. The van der Waals surface area contributed by atoms with Crippen molar-refractivity contribution >= 4 is 5.91 Å². The molecule has 0 heterocycles. The molecule has 2 N–H and O–H groups in total. The summed E-state index contributed by atoms with van der Waals surface area (Å²) < 4.78 is 0. The Morgan fingerprint density at radius 3 is 2.60 bits per heavy atom. The molecule has 2 rings (SSSR count). The molecule has 0 radical (unpaired) electrons. The molecule has 1 aliphatic carbocycles. The number of aryl methyl sites for hydroxylation is 1. The van der Waals surface area contributed by atoms with Crippen molar-refractivity contribution in [2.24, 2.45) is 0 Å². The first kappa shape index (κ1) is 14.9. The number of rotatable bonds is 4. The summed E-state index contributed by atoms with van der Waals surface area (Å²) in [7, 11) is 4.14. The lowest BCUT2D eigenvalue weighted by Gasteiger charge is -2.36. The molecule has 0 atom stereocenters. The Balaban J connectivity index is 2.07. The summed E-state index contributed by atoms with van der Waals surface area (Å²) in [5.74, 6) is -0.116. The van der Waals surface area contributed by atoms with Gasteiger partial charge in [0, 0.05) is 12.1 Å². The van der Waals surface area contributed by atoms with Crippen LogP contribution in [0.4, 0.5) is 0 Å². The van der Waals surface area contributed by atoms with Gasteiger partial charge in [0.2, 0.25) is 0 Å². The number of para-hydroxylation sites is 1. The highest BCUT2D eigenvalue weighted by molar-refractivity contribution is 5.97. The minimum atomic E-state index is -0.195. The van der Waals surface area contributed by atoms with Gasteiger partial charge >= 0.3 is 0 Å². The van der Waals surface area contributed by atoms with Crippen LogP contribution in [0, 0.1) is 6.92 Å². The predicted octanol–water partition coefficient (Wildman–Crippen LogP) is 2.30. The fourth-order valence-electron chi connectivity index (χ4n) is 3.00. The van der Waals surface area contributed by atoms with Crippen LogP contribution in [0.15, 0.2) is 18.2 Å². The van der Waals surface area contributed by atoms with Gasteiger partial charge in [-0.2, -0.15) is 0 Å². The van der Waals surface area contributed by atoms with Crippen LogP contribution < -0.4 is 5.32 Å². The number of nitrogens with zero attached hydrogens (tertiary/aromatic N) is 1. The summed E-state index contributed by atoms with van der Waals surface area (Å²) in [5.41, 5.74) is 1.15. The summed E-state index contributed by atoms with van der Waals surface area (Å²) in [4.78, 5) is 14.5. The standard InChI is InChI=1S/C16H24N2O2/c1-12-7-6-8-13(14(12)19)15(20)17-11-16(18(2)3)9-4-5-10-16/h6-8,19H,4-5,9-11H2,1-3H3,(H,17,20). The van der Waals surface area contributed by atoms with Gasteiger partial charge in [0.15, 0.2) is 0 Å². The molecule has 0 spiro atoms. The Bertz CT molecular complexity index is 491. The maximum absolute atomic E-state index is 12.2. The third kappa shape index (κ3) is 2.80. The zero-order chi connectivity index (χ0) is 14.8. The number of likely N-dealkylation sites (N-methyl/N-ethyl adjacent to an activating group) is 1. The van der Waals surface area contributed by atoms with Gasteiger partial charge in [0.25, 0.3) is 5.91 Å². The topological polar surface area (TPSA) is 52.6 Å². The van der Waals surface area contributed by atoms with Crippen molar-refractivity contribution in [1.29, 1.82) is 0 Å². The fourth-order valence-corrected chi connectivity index (χ4v) is 3.00. The van der Waals surface area contributed by atoms with Crippen LogP contribution in [-0.2, 0) is 0 Å². The molecule has 0 aromatic heterocycles. The van der Waals surface area contributed by atoms with E-state index in [4.69, 9.17) is 0 Å². The smallest absolute Gasteiger partial charge is 0.255 e. The Morgan fingerprint density at radius 2 is 2.00 bits per heavy atom. The molecule has 1 aromatic rings. The normalized spacial score (nSPS) is 17.4. The van der Waals surface area contributed by atoms with Gasteiger partial charge in [-0.3, -0.25) is 4.79 Å². The van der Waals surface area contributed by atoms with Crippen molar-refractivity contribution in [3.8, 4) is 5.75 Å². The summed E-state index contributed by atoms with van der Waals surface area (Å²) >= 11 is 0. The predicted molar refractivity (Wildman–Crippen MR) is 80.1 cm³/mol. The lowest BCUT2D eigenvalue weighted by molar-refractivity contribution is 0.0897. The second kappa shape index (κ2) is 5.83. The van der Waals surface area contributed by atoms with E-state index in [1.165, 1.54) is 12.8 Å². The Hall–Kier alpha value is -1.55. The largest absolute Gasteiger partial charge is 0.507 e. The summed E-state index contributed by atoms with van der Waals surface area (Å²) in [6.07, 6.45) is 4.65.